The maximum atomic E-state index is 12.8. The Bertz CT molecular complexity index is 1040. The molecule has 2 amide bonds. The van der Waals surface area contributed by atoms with Crippen molar-refractivity contribution < 1.29 is 24.2 Å². The predicted octanol–water partition coefficient (Wildman–Crippen LogP) is 3.67. The van der Waals surface area contributed by atoms with Gasteiger partial charge in [-0.2, -0.15) is 0 Å². The zero-order chi connectivity index (χ0) is 22.9. The summed E-state index contributed by atoms with van der Waals surface area (Å²) in [5, 5.41) is 14.7. The summed E-state index contributed by atoms with van der Waals surface area (Å²) < 4.78 is 5.50. The number of rotatable bonds is 7. The number of hydrogen-bond acceptors (Lipinski definition) is 4. The molecule has 33 heavy (non-hydrogen) atoms. The van der Waals surface area contributed by atoms with Gasteiger partial charge in [0.15, 0.2) is 0 Å². The molecule has 2 aromatic rings. The predicted molar refractivity (Wildman–Crippen MR) is 122 cm³/mol. The molecule has 0 aromatic heterocycles. The van der Waals surface area contributed by atoms with Crippen molar-refractivity contribution in [3.63, 3.8) is 0 Å². The lowest BCUT2D eigenvalue weighted by Crippen LogP contribution is -2.51. The van der Waals surface area contributed by atoms with E-state index in [0.717, 1.165) is 41.5 Å². The van der Waals surface area contributed by atoms with Gasteiger partial charge in [0.2, 0.25) is 5.91 Å². The summed E-state index contributed by atoms with van der Waals surface area (Å²) in [4.78, 5) is 36.7. The van der Waals surface area contributed by atoms with Crippen molar-refractivity contribution >= 4 is 18.0 Å². The minimum absolute atomic E-state index is 0.0665. The first-order valence-electron chi connectivity index (χ1n) is 11.6. The van der Waals surface area contributed by atoms with Gasteiger partial charge in [-0.3, -0.25) is 9.59 Å². The number of hydrogen-bond donors (Lipinski definition) is 3. The highest BCUT2D eigenvalue weighted by Gasteiger charge is 2.41. The van der Waals surface area contributed by atoms with E-state index in [1.54, 1.807) is 0 Å². The van der Waals surface area contributed by atoms with Gasteiger partial charge in [0.1, 0.15) is 12.6 Å². The highest BCUT2D eigenvalue weighted by Crippen LogP contribution is 2.45. The standard InChI is InChI=1S/C26H28N2O5/c29-24(30)13-23(25(31)27-22-12-15-9-10-16(22)11-15)28-26(32)33-14-21-19-7-3-1-5-17(19)18-6-2-4-8-20(18)21/h1-8,15-16,21-23H,9-14H2,(H,27,31)(H,28,32)(H,29,30). The molecule has 0 radical (unpaired) electrons. The summed E-state index contributed by atoms with van der Waals surface area (Å²) in [7, 11) is 0. The van der Waals surface area contributed by atoms with Crippen molar-refractivity contribution in [3.05, 3.63) is 59.7 Å². The fourth-order valence-electron chi connectivity index (χ4n) is 5.87. The molecule has 172 valence electrons. The van der Waals surface area contributed by atoms with Crippen LogP contribution in [0, 0.1) is 11.8 Å². The summed E-state index contributed by atoms with van der Waals surface area (Å²) in [6, 6.07) is 14.9. The Morgan fingerprint density at radius 3 is 2.21 bits per heavy atom. The first-order chi connectivity index (χ1) is 16.0. The number of ether oxygens (including phenoxy) is 1. The molecule has 3 N–H and O–H groups in total. The maximum Gasteiger partial charge on any atom is 0.407 e. The summed E-state index contributed by atoms with van der Waals surface area (Å²) >= 11 is 0. The Labute approximate surface area is 192 Å². The topological polar surface area (TPSA) is 105 Å². The van der Waals surface area contributed by atoms with Crippen LogP contribution in [0.4, 0.5) is 4.79 Å². The molecular formula is C26H28N2O5. The molecule has 2 saturated carbocycles. The van der Waals surface area contributed by atoms with E-state index >= 15 is 0 Å². The molecule has 4 atom stereocenters. The van der Waals surface area contributed by atoms with E-state index in [1.165, 1.54) is 6.42 Å². The van der Waals surface area contributed by atoms with Gasteiger partial charge >= 0.3 is 12.1 Å². The molecule has 7 nitrogen and oxygen atoms in total. The SMILES string of the molecule is O=C(O)CC(NC(=O)OCC1c2ccccc2-c2ccccc21)C(=O)NC1CC2CCC1C2. The van der Waals surface area contributed by atoms with E-state index in [2.05, 4.69) is 22.8 Å². The van der Waals surface area contributed by atoms with Crippen LogP contribution in [0.15, 0.2) is 48.5 Å². The second-order valence-electron chi connectivity index (χ2n) is 9.41. The second kappa shape index (κ2) is 8.89. The van der Waals surface area contributed by atoms with Crippen LogP contribution in [-0.4, -0.2) is 41.8 Å². The van der Waals surface area contributed by atoms with Crippen molar-refractivity contribution in [1.29, 1.82) is 0 Å². The van der Waals surface area contributed by atoms with Crippen molar-refractivity contribution in [2.45, 2.75) is 50.1 Å². The molecule has 3 aliphatic rings. The van der Waals surface area contributed by atoms with Crippen LogP contribution in [0.3, 0.4) is 0 Å². The average Bonchev–Trinajstić information content (AvgIpc) is 3.50. The molecular weight excluding hydrogens is 420 g/mol. The molecule has 5 rings (SSSR count). The minimum Gasteiger partial charge on any atom is -0.481 e. The lowest BCUT2D eigenvalue weighted by atomic mass is 9.95. The van der Waals surface area contributed by atoms with Crippen LogP contribution in [0.5, 0.6) is 0 Å². The highest BCUT2D eigenvalue weighted by molar-refractivity contribution is 5.89. The zero-order valence-electron chi connectivity index (χ0n) is 18.3. The number of alkyl carbamates (subject to hydrolysis) is 1. The first-order valence-corrected chi connectivity index (χ1v) is 11.6. The number of fused-ring (bicyclic) bond motifs is 5. The third-order valence-corrected chi connectivity index (χ3v) is 7.40. The minimum atomic E-state index is -1.17. The lowest BCUT2D eigenvalue weighted by molar-refractivity contribution is -0.140. The van der Waals surface area contributed by atoms with Crippen LogP contribution >= 0.6 is 0 Å². The van der Waals surface area contributed by atoms with E-state index in [4.69, 9.17) is 4.74 Å². The Morgan fingerprint density at radius 2 is 1.64 bits per heavy atom. The Morgan fingerprint density at radius 1 is 0.970 bits per heavy atom. The lowest BCUT2D eigenvalue weighted by Gasteiger charge is -2.25. The van der Waals surface area contributed by atoms with E-state index in [1.807, 2.05) is 36.4 Å². The number of carbonyl (C=O) groups excluding carboxylic acids is 2. The highest BCUT2D eigenvalue weighted by atomic mass is 16.5. The fraction of sp³-hybridized carbons (Fsp3) is 0.423. The molecule has 3 aliphatic carbocycles. The van der Waals surface area contributed by atoms with E-state index in [0.29, 0.717) is 11.8 Å². The van der Waals surface area contributed by atoms with E-state index in [-0.39, 0.29) is 18.6 Å². The van der Waals surface area contributed by atoms with Crippen LogP contribution in [0.2, 0.25) is 0 Å². The maximum absolute atomic E-state index is 12.8. The average molecular weight is 449 g/mol. The number of carboxylic acids is 1. The number of carboxylic acid groups (broad SMARTS) is 1. The molecule has 2 fully saturated rings. The second-order valence-corrected chi connectivity index (χ2v) is 9.41. The van der Waals surface area contributed by atoms with Crippen molar-refractivity contribution in [1.82, 2.24) is 10.6 Å². The number of carbonyl (C=O) groups is 3. The molecule has 2 aromatic carbocycles. The number of nitrogens with one attached hydrogen (secondary N) is 2. The zero-order valence-corrected chi connectivity index (χ0v) is 18.3. The molecule has 0 spiro atoms. The largest absolute Gasteiger partial charge is 0.481 e. The summed E-state index contributed by atoms with van der Waals surface area (Å²) in [5.41, 5.74) is 4.41. The van der Waals surface area contributed by atoms with Gasteiger partial charge in [0.25, 0.3) is 0 Å². The molecule has 0 aliphatic heterocycles. The van der Waals surface area contributed by atoms with Crippen molar-refractivity contribution in [2.75, 3.05) is 6.61 Å². The van der Waals surface area contributed by atoms with Gasteiger partial charge < -0.3 is 20.5 Å². The van der Waals surface area contributed by atoms with Gasteiger partial charge in [0.05, 0.1) is 6.42 Å². The summed E-state index contributed by atoms with van der Waals surface area (Å²) in [6.07, 6.45) is 3.07. The molecule has 7 heteroatoms. The normalized spacial score (nSPS) is 23.5. The van der Waals surface area contributed by atoms with E-state index in [9.17, 15) is 19.5 Å². The molecule has 0 saturated heterocycles. The van der Waals surface area contributed by atoms with Crippen LogP contribution in [-0.2, 0) is 14.3 Å². The van der Waals surface area contributed by atoms with Gasteiger partial charge in [-0.1, -0.05) is 55.0 Å². The molecule has 4 unspecified atom stereocenters. The summed E-state index contributed by atoms with van der Waals surface area (Å²) in [6.45, 7) is 0.105. The monoisotopic (exact) mass is 448 g/mol. The van der Waals surface area contributed by atoms with E-state index < -0.39 is 30.4 Å². The number of aliphatic carboxylic acids is 1. The Hall–Kier alpha value is -3.35. The first kappa shape index (κ1) is 21.5. The Balaban J connectivity index is 1.22. The smallest absolute Gasteiger partial charge is 0.407 e. The third kappa shape index (κ3) is 4.32. The Kier molecular flexibility index (Phi) is 5.79. The van der Waals surface area contributed by atoms with Gasteiger partial charge in [0, 0.05) is 12.0 Å². The number of amides is 2. The van der Waals surface area contributed by atoms with Crippen molar-refractivity contribution in [3.8, 4) is 11.1 Å². The molecule has 2 bridgehead atoms. The van der Waals surface area contributed by atoms with Gasteiger partial charge in [-0.15, -0.1) is 0 Å². The van der Waals surface area contributed by atoms with Gasteiger partial charge in [-0.05, 0) is 53.4 Å². The fourth-order valence-corrected chi connectivity index (χ4v) is 5.87. The van der Waals surface area contributed by atoms with Crippen molar-refractivity contribution in [2.24, 2.45) is 11.8 Å². The molecule has 0 heterocycles. The third-order valence-electron chi connectivity index (χ3n) is 7.40. The quantitative estimate of drug-likeness (QED) is 0.599. The van der Waals surface area contributed by atoms with Gasteiger partial charge in [-0.25, -0.2) is 4.79 Å². The summed E-state index contributed by atoms with van der Waals surface area (Å²) in [5.74, 6) is -0.610. The number of benzene rings is 2. The van der Waals surface area contributed by atoms with Crippen LogP contribution in [0.1, 0.15) is 49.1 Å². The van der Waals surface area contributed by atoms with Crippen LogP contribution in [0.25, 0.3) is 11.1 Å². The van der Waals surface area contributed by atoms with Crippen LogP contribution < -0.4 is 10.6 Å².